The first-order chi connectivity index (χ1) is 7.09. The molecule has 4 heteroatoms. The molecule has 0 radical (unpaired) electrons. The Hall–Kier alpha value is -1.84. The van der Waals surface area contributed by atoms with Crippen LogP contribution in [0.1, 0.15) is 0 Å². The van der Waals surface area contributed by atoms with E-state index in [1.807, 2.05) is 37.2 Å². The molecule has 0 fully saturated rings. The zero-order valence-corrected chi connectivity index (χ0v) is 9.06. The van der Waals surface area contributed by atoms with Crippen molar-refractivity contribution in [2.75, 3.05) is 19.0 Å². The fourth-order valence-electron chi connectivity index (χ4n) is 1.48. The number of nitrogens with zero attached hydrogens (tertiary/aromatic N) is 3. The van der Waals surface area contributed by atoms with Gasteiger partial charge in [-0.1, -0.05) is 0 Å². The van der Waals surface area contributed by atoms with E-state index in [0.29, 0.717) is 5.39 Å². The number of fused-ring (bicyclic) bond motifs is 1. The van der Waals surface area contributed by atoms with Crippen LogP contribution in [-0.4, -0.2) is 23.6 Å². The first-order valence-electron chi connectivity index (χ1n) is 4.72. The maximum absolute atomic E-state index is 11.7. The molecule has 0 unspecified atom stereocenters. The highest BCUT2D eigenvalue weighted by Gasteiger charge is 2.03. The standard InChI is InChI=1S/C11H13N3O/c1-13(2)8-4-5-9-10(6-8)12-7-14(3)11(9)15/h4-7H,1-3H3. The minimum Gasteiger partial charge on any atom is -0.378 e. The zero-order valence-electron chi connectivity index (χ0n) is 9.06. The van der Waals surface area contributed by atoms with Gasteiger partial charge in [-0.25, -0.2) is 4.98 Å². The quantitative estimate of drug-likeness (QED) is 0.694. The van der Waals surface area contributed by atoms with Gasteiger partial charge in [0.05, 0.1) is 17.2 Å². The van der Waals surface area contributed by atoms with Crippen LogP contribution in [0.4, 0.5) is 5.69 Å². The van der Waals surface area contributed by atoms with E-state index in [1.54, 1.807) is 13.4 Å². The summed E-state index contributed by atoms with van der Waals surface area (Å²) in [5.41, 5.74) is 1.78. The highest BCUT2D eigenvalue weighted by molar-refractivity contribution is 5.81. The third kappa shape index (κ3) is 1.58. The van der Waals surface area contributed by atoms with Crippen molar-refractivity contribution in [1.29, 1.82) is 0 Å². The monoisotopic (exact) mass is 203 g/mol. The summed E-state index contributed by atoms with van der Waals surface area (Å²) < 4.78 is 1.48. The van der Waals surface area contributed by atoms with Gasteiger partial charge in [-0.3, -0.25) is 4.79 Å². The van der Waals surface area contributed by atoms with Crippen molar-refractivity contribution in [3.05, 3.63) is 34.9 Å². The van der Waals surface area contributed by atoms with Crippen LogP contribution in [0.3, 0.4) is 0 Å². The highest BCUT2D eigenvalue weighted by Crippen LogP contribution is 2.16. The Balaban J connectivity index is 2.76. The van der Waals surface area contributed by atoms with Crippen LogP contribution in [0.2, 0.25) is 0 Å². The van der Waals surface area contributed by atoms with E-state index >= 15 is 0 Å². The van der Waals surface area contributed by atoms with Crippen molar-refractivity contribution in [2.24, 2.45) is 7.05 Å². The fourth-order valence-corrected chi connectivity index (χ4v) is 1.48. The molecule has 0 saturated carbocycles. The fraction of sp³-hybridized carbons (Fsp3) is 0.273. The van der Waals surface area contributed by atoms with Crippen molar-refractivity contribution in [3.8, 4) is 0 Å². The van der Waals surface area contributed by atoms with Crippen LogP contribution in [0.15, 0.2) is 29.3 Å². The smallest absolute Gasteiger partial charge is 0.260 e. The van der Waals surface area contributed by atoms with Crippen molar-refractivity contribution >= 4 is 16.6 Å². The van der Waals surface area contributed by atoms with Gasteiger partial charge >= 0.3 is 0 Å². The topological polar surface area (TPSA) is 38.1 Å². The van der Waals surface area contributed by atoms with Gasteiger partial charge in [0.15, 0.2) is 0 Å². The van der Waals surface area contributed by atoms with E-state index in [1.165, 1.54) is 4.57 Å². The van der Waals surface area contributed by atoms with Crippen LogP contribution in [-0.2, 0) is 7.05 Å². The normalized spacial score (nSPS) is 10.6. The Labute approximate surface area is 87.8 Å². The van der Waals surface area contributed by atoms with Crippen LogP contribution >= 0.6 is 0 Å². The molecule has 0 amide bonds. The largest absolute Gasteiger partial charge is 0.378 e. The summed E-state index contributed by atoms with van der Waals surface area (Å²) in [5, 5.41) is 0.658. The maximum Gasteiger partial charge on any atom is 0.260 e. The predicted octanol–water partition coefficient (Wildman–Crippen LogP) is 0.999. The first kappa shape index (κ1) is 9.71. The lowest BCUT2D eigenvalue weighted by Crippen LogP contribution is -2.17. The molecule has 1 heterocycles. The van der Waals surface area contributed by atoms with Gasteiger partial charge in [-0.15, -0.1) is 0 Å². The molecule has 0 N–H and O–H groups in total. The molecule has 0 spiro atoms. The first-order valence-corrected chi connectivity index (χ1v) is 4.72. The minimum atomic E-state index is -0.00898. The molecule has 15 heavy (non-hydrogen) atoms. The average molecular weight is 203 g/mol. The van der Waals surface area contributed by atoms with Gasteiger partial charge in [-0.2, -0.15) is 0 Å². The number of aromatic nitrogens is 2. The SMILES string of the molecule is CN(C)c1ccc2c(=O)n(C)cnc2c1. The van der Waals surface area contributed by atoms with Gasteiger partial charge in [0, 0.05) is 26.8 Å². The molecule has 0 aliphatic rings. The van der Waals surface area contributed by atoms with Crippen LogP contribution in [0, 0.1) is 0 Å². The number of aryl methyl sites for hydroxylation is 1. The molecule has 0 atom stereocenters. The van der Waals surface area contributed by atoms with Crippen molar-refractivity contribution < 1.29 is 0 Å². The van der Waals surface area contributed by atoms with Crippen molar-refractivity contribution in [1.82, 2.24) is 9.55 Å². The van der Waals surface area contributed by atoms with Crippen molar-refractivity contribution in [3.63, 3.8) is 0 Å². The summed E-state index contributed by atoms with van der Waals surface area (Å²) in [7, 11) is 5.62. The lowest BCUT2D eigenvalue weighted by Gasteiger charge is -2.12. The number of hydrogen-bond acceptors (Lipinski definition) is 3. The third-order valence-corrected chi connectivity index (χ3v) is 2.42. The Morgan fingerprint density at radius 3 is 2.73 bits per heavy atom. The van der Waals surface area contributed by atoms with Crippen LogP contribution in [0.5, 0.6) is 0 Å². The second kappa shape index (κ2) is 3.38. The molecule has 0 saturated heterocycles. The molecule has 0 aliphatic carbocycles. The second-order valence-electron chi connectivity index (χ2n) is 3.76. The van der Waals surface area contributed by atoms with E-state index in [0.717, 1.165) is 11.2 Å². The summed E-state index contributed by atoms with van der Waals surface area (Å²) in [6.45, 7) is 0. The van der Waals surface area contributed by atoms with E-state index in [2.05, 4.69) is 4.98 Å². The summed E-state index contributed by atoms with van der Waals surface area (Å²) >= 11 is 0. The molecular weight excluding hydrogens is 190 g/mol. The average Bonchev–Trinajstić information content (AvgIpc) is 2.23. The molecule has 78 valence electrons. The number of anilines is 1. The van der Waals surface area contributed by atoms with E-state index in [9.17, 15) is 4.79 Å². The zero-order chi connectivity index (χ0) is 11.0. The third-order valence-electron chi connectivity index (χ3n) is 2.42. The predicted molar refractivity (Wildman–Crippen MR) is 61.3 cm³/mol. The molecule has 1 aromatic heterocycles. The highest BCUT2D eigenvalue weighted by atomic mass is 16.1. The summed E-state index contributed by atoms with van der Waals surface area (Å²) in [6.07, 6.45) is 1.55. The number of rotatable bonds is 1. The second-order valence-corrected chi connectivity index (χ2v) is 3.76. The lowest BCUT2D eigenvalue weighted by molar-refractivity contribution is 0.843. The van der Waals surface area contributed by atoms with E-state index in [4.69, 9.17) is 0 Å². The van der Waals surface area contributed by atoms with E-state index < -0.39 is 0 Å². The molecule has 0 bridgehead atoms. The summed E-state index contributed by atoms with van der Waals surface area (Å²) in [6, 6.07) is 5.65. The Morgan fingerprint density at radius 2 is 2.07 bits per heavy atom. The summed E-state index contributed by atoms with van der Waals surface area (Å²) in [5.74, 6) is 0. The summed E-state index contributed by atoms with van der Waals surface area (Å²) in [4.78, 5) is 17.9. The van der Waals surface area contributed by atoms with Gasteiger partial charge in [0.2, 0.25) is 0 Å². The number of benzene rings is 1. The van der Waals surface area contributed by atoms with Gasteiger partial charge in [0.1, 0.15) is 0 Å². The van der Waals surface area contributed by atoms with Crippen LogP contribution in [0.25, 0.3) is 10.9 Å². The van der Waals surface area contributed by atoms with Gasteiger partial charge in [-0.05, 0) is 18.2 Å². The van der Waals surface area contributed by atoms with Gasteiger partial charge in [0.25, 0.3) is 5.56 Å². The Kier molecular flexibility index (Phi) is 2.19. The molecule has 2 aromatic rings. The molecule has 1 aromatic carbocycles. The molecule has 2 rings (SSSR count). The molecular formula is C11H13N3O. The maximum atomic E-state index is 11.7. The van der Waals surface area contributed by atoms with Crippen molar-refractivity contribution in [2.45, 2.75) is 0 Å². The Morgan fingerprint density at radius 1 is 1.33 bits per heavy atom. The lowest BCUT2D eigenvalue weighted by atomic mass is 10.2. The minimum absolute atomic E-state index is 0.00898. The number of hydrogen-bond donors (Lipinski definition) is 0. The van der Waals surface area contributed by atoms with Gasteiger partial charge < -0.3 is 9.47 Å². The van der Waals surface area contributed by atoms with E-state index in [-0.39, 0.29) is 5.56 Å². The van der Waals surface area contributed by atoms with Crippen LogP contribution < -0.4 is 10.5 Å². The Bertz CT molecular complexity index is 557. The molecule has 4 nitrogen and oxygen atoms in total. The molecule has 0 aliphatic heterocycles.